The number of allylic oxidation sites excluding steroid dienone is 1. The van der Waals surface area contributed by atoms with Crippen molar-refractivity contribution in [2.75, 3.05) is 13.2 Å². The third-order valence-corrected chi connectivity index (χ3v) is 2.62. The minimum absolute atomic E-state index is 0.125. The minimum Gasteiger partial charge on any atom is -0.460 e. The van der Waals surface area contributed by atoms with Crippen LogP contribution in [0, 0.1) is 0 Å². The van der Waals surface area contributed by atoms with Gasteiger partial charge in [0.05, 0.1) is 12.7 Å². The molecular weight excluding hydrogens is 228 g/mol. The van der Waals surface area contributed by atoms with Crippen LogP contribution in [0.1, 0.15) is 47.0 Å². The largest absolute Gasteiger partial charge is 0.460 e. The minimum atomic E-state index is -0.357. The molecule has 1 unspecified atom stereocenters. The molecule has 0 saturated carbocycles. The van der Waals surface area contributed by atoms with Crippen molar-refractivity contribution in [3.05, 3.63) is 23.8 Å². The van der Waals surface area contributed by atoms with Crippen LogP contribution in [0.2, 0.25) is 0 Å². The Morgan fingerprint density at radius 3 is 2.44 bits per heavy atom. The van der Waals surface area contributed by atoms with Crippen molar-refractivity contribution in [2.45, 2.75) is 53.1 Å². The number of rotatable bonds is 9. The van der Waals surface area contributed by atoms with Crippen LogP contribution in [0.25, 0.3) is 0 Å². The average molecular weight is 254 g/mol. The van der Waals surface area contributed by atoms with Gasteiger partial charge in [0.2, 0.25) is 0 Å². The third kappa shape index (κ3) is 7.28. The summed E-state index contributed by atoms with van der Waals surface area (Å²) in [6.07, 6.45) is 5.49. The SMILES string of the molecule is C=C(C)C(=O)OCCOC(CC)/C(C)=C/CCC. The molecule has 0 aliphatic heterocycles. The molecule has 3 nitrogen and oxygen atoms in total. The summed E-state index contributed by atoms with van der Waals surface area (Å²) in [5.41, 5.74) is 1.67. The van der Waals surface area contributed by atoms with Crippen LogP contribution in [0.15, 0.2) is 23.8 Å². The van der Waals surface area contributed by atoms with Gasteiger partial charge in [0.15, 0.2) is 0 Å². The molecule has 104 valence electrons. The maximum absolute atomic E-state index is 11.1. The van der Waals surface area contributed by atoms with Crippen LogP contribution in [-0.2, 0) is 14.3 Å². The normalized spacial score (nSPS) is 13.2. The van der Waals surface area contributed by atoms with Crippen LogP contribution in [0.3, 0.4) is 0 Å². The number of hydrogen-bond acceptors (Lipinski definition) is 3. The molecule has 0 rings (SSSR count). The molecule has 0 aliphatic carbocycles. The fourth-order valence-electron chi connectivity index (χ4n) is 1.52. The summed E-state index contributed by atoms with van der Waals surface area (Å²) in [7, 11) is 0. The van der Waals surface area contributed by atoms with Crippen molar-refractivity contribution in [1.82, 2.24) is 0 Å². The molecule has 3 heteroatoms. The Morgan fingerprint density at radius 2 is 1.94 bits per heavy atom. The van der Waals surface area contributed by atoms with Crippen molar-refractivity contribution in [2.24, 2.45) is 0 Å². The number of carbonyl (C=O) groups excluding carboxylic acids is 1. The Morgan fingerprint density at radius 1 is 1.28 bits per heavy atom. The molecule has 0 bridgehead atoms. The van der Waals surface area contributed by atoms with E-state index in [1.54, 1.807) is 6.92 Å². The predicted octanol–water partition coefficient (Wildman–Crippen LogP) is 3.65. The van der Waals surface area contributed by atoms with E-state index in [0.29, 0.717) is 12.2 Å². The van der Waals surface area contributed by atoms with Gasteiger partial charge in [-0.05, 0) is 32.3 Å². The molecule has 0 amide bonds. The Labute approximate surface area is 111 Å². The van der Waals surface area contributed by atoms with Crippen molar-refractivity contribution >= 4 is 5.97 Å². The highest BCUT2D eigenvalue weighted by molar-refractivity contribution is 5.86. The zero-order valence-corrected chi connectivity index (χ0v) is 12.1. The van der Waals surface area contributed by atoms with Gasteiger partial charge in [0.1, 0.15) is 6.61 Å². The van der Waals surface area contributed by atoms with Crippen LogP contribution in [0.5, 0.6) is 0 Å². The summed E-state index contributed by atoms with van der Waals surface area (Å²) in [5.74, 6) is -0.357. The van der Waals surface area contributed by atoms with Gasteiger partial charge in [0.25, 0.3) is 0 Å². The van der Waals surface area contributed by atoms with Gasteiger partial charge in [-0.25, -0.2) is 4.79 Å². The van der Waals surface area contributed by atoms with Gasteiger partial charge in [-0.2, -0.15) is 0 Å². The van der Waals surface area contributed by atoms with Gasteiger partial charge < -0.3 is 9.47 Å². The lowest BCUT2D eigenvalue weighted by atomic mass is 10.1. The second-order valence-corrected chi connectivity index (χ2v) is 4.42. The molecule has 0 aromatic heterocycles. The standard InChI is InChI=1S/C15H26O3/c1-6-8-9-13(5)14(7-2)17-10-11-18-15(16)12(3)4/h9,14H,3,6-8,10-11H2,1-2,4-5H3/b13-9+. The summed E-state index contributed by atoms with van der Waals surface area (Å²) in [6, 6.07) is 0. The summed E-state index contributed by atoms with van der Waals surface area (Å²) in [6.45, 7) is 12.2. The number of unbranched alkanes of at least 4 members (excludes halogenated alkanes) is 1. The molecule has 0 radical (unpaired) electrons. The Kier molecular flexibility index (Phi) is 9.29. The van der Waals surface area contributed by atoms with E-state index < -0.39 is 0 Å². The maximum Gasteiger partial charge on any atom is 0.333 e. The fraction of sp³-hybridized carbons (Fsp3) is 0.667. The number of ether oxygens (including phenoxy) is 2. The number of esters is 1. The van der Waals surface area contributed by atoms with Gasteiger partial charge in [-0.15, -0.1) is 0 Å². The summed E-state index contributed by atoms with van der Waals surface area (Å²) in [5, 5.41) is 0. The maximum atomic E-state index is 11.1. The Balaban J connectivity index is 3.94. The highest BCUT2D eigenvalue weighted by Gasteiger charge is 2.09. The van der Waals surface area contributed by atoms with Crippen molar-refractivity contribution in [3.8, 4) is 0 Å². The highest BCUT2D eigenvalue weighted by atomic mass is 16.6. The first-order chi connectivity index (χ1) is 8.52. The summed E-state index contributed by atoms with van der Waals surface area (Å²) >= 11 is 0. The first kappa shape index (κ1) is 16.9. The van der Waals surface area contributed by atoms with E-state index in [0.717, 1.165) is 19.3 Å². The van der Waals surface area contributed by atoms with Crippen molar-refractivity contribution < 1.29 is 14.3 Å². The van der Waals surface area contributed by atoms with E-state index in [1.807, 2.05) is 0 Å². The zero-order chi connectivity index (χ0) is 14.0. The highest BCUT2D eigenvalue weighted by Crippen LogP contribution is 2.11. The van der Waals surface area contributed by atoms with E-state index in [1.165, 1.54) is 5.57 Å². The average Bonchev–Trinajstić information content (AvgIpc) is 2.35. The molecule has 0 aromatic rings. The van der Waals surface area contributed by atoms with Crippen LogP contribution < -0.4 is 0 Å². The molecule has 0 saturated heterocycles. The van der Waals surface area contributed by atoms with Gasteiger partial charge in [0, 0.05) is 5.57 Å². The van der Waals surface area contributed by atoms with E-state index in [4.69, 9.17) is 9.47 Å². The molecule has 0 spiro atoms. The molecule has 0 aliphatic rings. The number of hydrogen-bond donors (Lipinski definition) is 0. The summed E-state index contributed by atoms with van der Waals surface area (Å²) in [4.78, 5) is 11.1. The quantitative estimate of drug-likeness (QED) is 0.273. The second kappa shape index (κ2) is 9.89. The zero-order valence-electron chi connectivity index (χ0n) is 12.1. The predicted molar refractivity (Wildman–Crippen MR) is 74.5 cm³/mol. The lowest BCUT2D eigenvalue weighted by Gasteiger charge is -2.17. The monoisotopic (exact) mass is 254 g/mol. The van der Waals surface area contributed by atoms with Crippen molar-refractivity contribution in [3.63, 3.8) is 0 Å². The molecule has 0 aromatic carbocycles. The van der Waals surface area contributed by atoms with Gasteiger partial charge in [-0.1, -0.05) is 32.9 Å². The second-order valence-electron chi connectivity index (χ2n) is 4.42. The van der Waals surface area contributed by atoms with E-state index in [-0.39, 0.29) is 18.7 Å². The molecule has 1 atom stereocenters. The first-order valence-corrected chi connectivity index (χ1v) is 6.63. The molecule has 0 N–H and O–H groups in total. The number of carbonyl (C=O) groups is 1. The van der Waals surface area contributed by atoms with Gasteiger partial charge >= 0.3 is 5.97 Å². The topological polar surface area (TPSA) is 35.5 Å². The van der Waals surface area contributed by atoms with Crippen LogP contribution in [-0.4, -0.2) is 25.3 Å². The first-order valence-electron chi connectivity index (χ1n) is 6.63. The lowest BCUT2D eigenvalue weighted by molar-refractivity contribution is -0.140. The smallest absolute Gasteiger partial charge is 0.333 e. The molecular formula is C15H26O3. The van der Waals surface area contributed by atoms with Crippen LogP contribution in [0.4, 0.5) is 0 Å². The summed E-state index contributed by atoms with van der Waals surface area (Å²) < 4.78 is 10.7. The lowest BCUT2D eigenvalue weighted by Crippen LogP contribution is -2.18. The molecule has 18 heavy (non-hydrogen) atoms. The van der Waals surface area contributed by atoms with Crippen molar-refractivity contribution in [1.29, 1.82) is 0 Å². The Bertz CT molecular complexity index is 292. The fourth-order valence-corrected chi connectivity index (χ4v) is 1.52. The Hall–Kier alpha value is -1.09. The van der Waals surface area contributed by atoms with Crippen LogP contribution >= 0.6 is 0 Å². The molecule has 0 heterocycles. The molecule has 0 fully saturated rings. The van der Waals surface area contributed by atoms with E-state index in [9.17, 15) is 4.79 Å². The van der Waals surface area contributed by atoms with Gasteiger partial charge in [-0.3, -0.25) is 0 Å². The van der Waals surface area contributed by atoms with E-state index in [2.05, 4.69) is 33.4 Å². The van der Waals surface area contributed by atoms with E-state index >= 15 is 0 Å². The third-order valence-electron chi connectivity index (χ3n) is 2.62.